The number of hydrogen-bond acceptors (Lipinski definition) is 2. The van der Waals surface area contributed by atoms with Gasteiger partial charge in [0.15, 0.2) is 0 Å². The molecule has 0 aromatic heterocycles. The first-order valence-electron chi connectivity index (χ1n) is 4.10. The van der Waals surface area contributed by atoms with E-state index in [0.717, 1.165) is 5.56 Å². The fourth-order valence-electron chi connectivity index (χ4n) is 0.933. The van der Waals surface area contributed by atoms with Crippen molar-refractivity contribution in [2.45, 2.75) is 5.33 Å². The molecule has 0 aliphatic heterocycles. The van der Waals surface area contributed by atoms with E-state index in [2.05, 4.69) is 26.1 Å². The molecular weight excluding hydrogens is 263 g/mol. The van der Waals surface area contributed by atoms with Gasteiger partial charge in [-0.3, -0.25) is 0 Å². The smallest absolute Gasteiger partial charge is 0.211 e. The van der Waals surface area contributed by atoms with Crippen LogP contribution in [0.2, 0.25) is 0 Å². The minimum Gasteiger partial charge on any atom is -0.369 e. The molecule has 4 nitrogen and oxygen atoms in total. The zero-order valence-corrected chi connectivity index (χ0v) is 9.41. The van der Waals surface area contributed by atoms with Gasteiger partial charge in [-0.1, -0.05) is 22.0 Å². The highest BCUT2D eigenvalue weighted by atomic mass is 79.9. The molecule has 0 saturated carbocycles. The fourth-order valence-corrected chi connectivity index (χ4v) is 1.28. The lowest BCUT2D eigenvalue weighted by molar-refractivity contribution is 0.625. The van der Waals surface area contributed by atoms with E-state index >= 15 is 0 Å². The molecule has 15 heavy (non-hydrogen) atoms. The lowest BCUT2D eigenvalue weighted by Gasteiger charge is -1.98. The van der Waals surface area contributed by atoms with Gasteiger partial charge in [0.1, 0.15) is 5.82 Å². The Hall–Kier alpha value is -1.43. The van der Waals surface area contributed by atoms with Gasteiger partial charge in [-0.15, -0.1) is 5.10 Å². The van der Waals surface area contributed by atoms with Crippen molar-refractivity contribution in [2.75, 3.05) is 0 Å². The maximum atomic E-state index is 13.2. The third-order valence-electron chi connectivity index (χ3n) is 1.58. The second kappa shape index (κ2) is 5.45. The average molecular weight is 273 g/mol. The standard InChI is InChI=1S/C9H10BrFN4/c10-4-6-1-2-8(11)7(3-6)5-14-15-9(12)13/h1-3,5H,4H2,(H4,12,13,15). The minimum absolute atomic E-state index is 0.164. The van der Waals surface area contributed by atoms with E-state index in [4.69, 9.17) is 11.5 Å². The molecule has 0 spiro atoms. The molecule has 0 aliphatic rings. The number of benzene rings is 1. The highest BCUT2D eigenvalue weighted by Crippen LogP contribution is 2.11. The third kappa shape index (κ3) is 3.67. The van der Waals surface area contributed by atoms with Gasteiger partial charge in [-0.2, -0.15) is 5.10 Å². The maximum absolute atomic E-state index is 13.2. The van der Waals surface area contributed by atoms with Crippen molar-refractivity contribution in [1.29, 1.82) is 0 Å². The average Bonchev–Trinajstić information content (AvgIpc) is 2.20. The Morgan fingerprint density at radius 3 is 2.80 bits per heavy atom. The Labute approximate surface area is 95.0 Å². The number of nitrogens with two attached hydrogens (primary N) is 2. The van der Waals surface area contributed by atoms with Crippen LogP contribution < -0.4 is 11.5 Å². The summed E-state index contributed by atoms with van der Waals surface area (Å²) in [5, 5.41) is 7.56. The van der Waals surface area contributed by atoms with Crippen LogP contribution in [0, 0.1) is 5.82 Å². The van der Waals surface area contributed by atoms with Gasteiger partial charge < -0.3 is 11.5 Å². The summed E-state index contributed by atoms with van der Waals surface area (Å²) < 4.78 is 13.2. The molecule has 1 rings (SSSR count). The number of alkyl halides is 1. The number of halogens is 2. The Kier molecular flexibility index (Phi) is 4.23. The first-order chi connectivity index (χ1) is 7.13. The fraction of sp³-hybridized carbons (Fsp3) is 0.111. The van der Waals surface area contributed by atoms with E-state index < -0.39 is 0 Å². The molecule has 0 unspecified atom stereocenters. The van der Waals surface area contributed by atoms with Crippen molar-refractivity contribution < 1.29 is 4.39 Å². The summed E-state index contributed by atoms with van der Waals surface area (Å²) in [6.07, 6.45) is 1.27. The SMILES string of the molecule is NC(N)=NN=Cc1cc(CBr)ccc1F. The largest absolute Gasteiger partial charge is 0.369 e. The molecule has 4 N–H and O–H groups in total. The topological polar surface area (TPSA) is 76.8 Å². The van der Waals surface area contributed by atoms with Crippen LogP contribution in [0.15, 0.2) is 28.4 Å². The predicted molar refractivity (Wildman–Crippen MR) is 62.4 cm³/mol. The van der Waals surface area contributed by atoms with Crippen LogP contribution in [-0.2, 0) is 5.33 Å². The van der Waals surface area contributed by atoms with Crippen molar-refractivity contribution in [2.24, 2.45) is 21.7 Å². The first-order valence-corrected chi connectivity index (χ1v) is 5.22. The van der Waals surface area contributed by atoms with Crippen LogP contribution in [0.4, 0.5) is 4.39 Å². The Morgan fingerprint density at radius 2 is 2.20 bits per heavy atom. The predicted octanol–water partition coefficient (Wildman–Crippen LogP) is 1.33. The van der Waals surface area contributed by atoms with Crippen molar-refractivity contribution >= 4 is 28.1 Å². The number of guanidine groups is 1. The van der Waals surface area contributed by atoms with Crippen molar-refractivity contribution in [3.8, 4) is 0 Å². The van der Waals surface area contributed by atoms with E-state index in [9.17, 15) is 4.39 Å². The molecule has 80 valence electrons. The van der Waals surface area contributed by atoms with Crippen molar-refractivity contribution in [1.82, 2.24) is 0 Å². The minimum atomic E-state index is -0.366. The number of nitrogens with zero attached hydrogens (tertiary/aromatic N) is 2. The highest BCUT2D eigenvalue weighted by molar-refractivity contribution is 9.08. The first kappa shape index (κ1) is 11.6. The molecule has 0 amide bonds. The lowest BCUT2D eigenvalue weighted by atomic mass is 10.1. The summed E-state index contributed by atoms with van der Waals surface area (Å²) in [6, 6.07) is 4.71. The second-order valence-electron chi connectivity index (χ2n) is 2.76. The molecule has 0 radical (unpaired) electrons. The Bertz CT molecular complexity index is 399. The summed E-state index contributed by atoms with van der Waals surface area (Å²) in [4.78, 5) is 0. The van der Waals surface area contributed by atoms with Crippen molar-refractivity contribution in [3.05, 3.63) is 35.1 Å². The van der Waals surface area contributed by atoms with E-state index in [-0.39, 0.29) is 11.8 Å². The maximum Gasteiger partial charge on any atom is 0.211 e. The summed E-state index contributed by atoms with van der Waals surface area (Å²) in [5.41, 5.74) is 11.4. The molecule has 0 bridgehead atoms. The van der Waals surface area contributed by atoms with Crippen LogP contribution >= 0.6 is 15.9 Å². The van der Waals surface area contributed by atoms with Crippen LogP contribution in [-0.4, -0.2) is 12.2 Å². The molecule has 1 aromatic rings. The van der Waals surface area contributed by atoms with Gasteiger partial charge in [0.25, 0.3) is 0 Å². The van der Waals surface area contributed by atoms with E-state index in [1.807, 2.05) is 0 Å². The molecule has 0 heterocycles. The van der Waals surface area contributed by atoms with Gasteiger partial charge >= 0.3 is 0 Å². The zero-order valence-electron chi connectivity index (χ0n) is 7.82. The number of hydrogen-bond donors (Lipinski definition) is 2. The summed E-state index contributed by atoms with van der Waals surface area (Å²) in [5.74, 6) is -0.530. The molecular formula is C9H10BrFN4. The Morgan fingerprint density at radius 1 is 1.47 bits per heavy atom. The van der Waals surface area contributed by atoms with Gasteiger partial charge in [-0.25, -0.2) is 4.39 Å². The summed E-state index contributed by atoms with van der Waals surface area (Å²) >= 11 is 3.27. The quantitative estimate of drug-likeness (QED) is 0.377. The molecule has 0 saturated heterocycles. The van der Waals surface area contributed by atoms with Gasteiger partial charge in [0.05, 0.1) is 6.21 Å². The summed E-state index contributed by atoms with van der Waals surface area (Å²) in [7, 11) is 0. The highest BCUT2D eigenvalue weighted by Gasteiger charge is 2.00. The molecule has 0 aliphatic carbocycles. The molecule has 6 heteroatoms. The Balaban J connectivity index is 2.93. The monoisotopic (exact) mass is 272 g/mol. The zero-order chi connectivity index (χ0) is 11.3. The van der Waals surface area contributed by atoms with E-state index in [0.29, 0.717) is 10.9 Å². The van der Waals surface area contributed by atoms with Crippen LogP contribution in [0.25, 0.3) is 0 Å². The molecule has 0 fully saturated rings. The molecule has 1 aromatic carbocycles. The van der Waals surface area contributed by atoms with Crippen molar-refractivity contribution in [3.63, 3.8) is 0 Å². The normalized spacial score (nSPS) is 10.5. The second-order valence-corrected chi connectivity index (χ2v) is 3.32. The number of rotatable bonds is 3. The van der Waals surface area contributed by atoms with E-state index in [1.54, 1.807) is 12.1 Å². The van der Waals surface area contributed by atoms with Crippen LogP contribution in [0.1, 0.15) is 11.1 Å². The van der Waals surface area contributed by atoms with Crippen LogP contribution in [0.5, 0.6) is 0 Å². The molecule has 0 atom stereocenters. The van der Waals surface area contributed by atoms with Gasteiger partial charge in [0.2, 0.25) is 5.96 Å². The summed E-state index contributed by atoms with van der Waals surface area (Å²) in [6.45, 7) is 0. The third-order valence-corrected chi connectivity index (χ3v) is 2.23. The van der Waals surface area contributed by atoms with E-state index in [1.165, 1.54) is 12.3 Å². The van der Waals surface area contributed by atoms with Gasteiger partial charge in [-0.05, 0) is 17.7 Å². The van der Waals surface area contributed by atoms with Gasteiger partial charge in [0, 0.05) is 10.9 Å². The lowest BCUT2D eigenvalue weighted by Crippen LogP contribution is -2.21. The van der Waals surface area contributed by atoms with Crippen LogP contribution in [0.3, 0.4) is 0 Å².